The molecule has 0 aromatic heterocycles. The van der Waals surface area contributed by atoms with Gasteiger partial charge in [-0.2, -0.15) is 13.2 Å². The summed E-state index contributed by atoms with van der Waals surface area (Å²) in [6, 6.07) is 8.42. The molecule has 138 valence electrons. The smallest absolute Gasteiger partial charge is 0.416 e. The van der Waals surface area contributed by atoms with Crippen LogP contribution in [0.3, 0.4) is 0 Å². The molecule has 0 saturated carbocycles. The van der Waals surface area contributed by atoms with Gasteiger partial charge < -0.3 is 5.11 Å². The van der Waals surface area contributed by atoms with Gasteiger partial charge in [-0.25, -0.2) is 4.39 Å². The molecule has 0 bridgehead atoms. The molecule has 7 heteroatoms. The van der Waals surface area contributed by atoms with Crippen LogP contribution in [0.25, 0.3) is 0 Å². The van der Waals surface area contributed by atoms with E-state index in [1.54, 1.807) is 0 Å². The number of hydrogen-bond donors (Lipinski definition) is 1. The molecule has 1 aliphatic rings. The molecule has 2 unspecified atom stereocenters. The Balaban J connectivity index is 2.20. The van der Waals surface area contributed by atoms with E-state index in [0.29, 0.717) is 12.8 Å². The summed E-state index contributed by atoms with van der Waals surface area (Å²) in [5.41, 5.74) is -0.986. The van der Waals surface area contributed by atoms with Gasteiger partial charge in [-0.15, -0.1) is 0 Å². The van der Waals surface area contributed by atoms with Gasteiger partial charge >= 0.3 is 12.1 Å². The standard InChI is InChI=1S/C19H17F4NO2/c20-15-9-4-2-7-13(15)17(24-11-5-10-16(24)18(25)26)12-6-1-3-8-14(12)19(21,22)23/h1-4,6-9,16-17H,5,10-11H2,(H,25,26). The minimum Gasteiger partial charge on any atom is -0.480 e. The maximum absolute atomic E-state index is 14.5. The monoisotopic (exact) mass is 367 g/mol. The molecule has 0 radical (unpaired) electrons. The highest BCUT2D eigenvalue weighted by Crippen LogP contribution is 2.42. The molecule has 1 heterocycles. The number of rotatable bonds is 4. The van der Waals surface area contributed by atoms with Crippen LogP contribution < -0.4 is 0 Å². The van der Waals surface area contributed by atoms with Crippen LogP contribution in [0.15, 0.2) is 48.5 Å². The third-order valence-electron chi connectivity index (χ3n) is 4.67. The average Bonchev–Trinajstić information content (AvgIpc) is 3.06. The molecule has 1 aliphatic heterocycles. The molecule has 1 saturated heterocycles. The fourth-order valence-corrected chi connectivity index (χ4v) is 3.58. The maximum Gasteiger partial charge on any atom is 0.416 e. The first kappa shape index (κ1) is 18.4. The van der Waals surface area contributed by atoms with Gasteiger partial charge in [0.1, 0.15) is 11.9 Å². The third kappa shape index (κ3) is 3.44. The van der Waals surface area contributed by atoms with Crippen molar-refractivity contribution in [3.8, 4) is 0 Å². The van der Waals surface area contributed by atoms with Crippen LogP contribution >= 0.6 is 0 Å². The van der Waals surface area contributed by atoms with E-state index < -0.39 is 35.6 Å². The van der Waals surface area contributed by atoms with Crippen molar-refractivity contribution in [3.63, 3.8) is 0 Å². The van der Waals surface area contributed by atoms with Crippen molar-refractivity contribution in [2.45, 2.75) is 31.1 Å². The number of carboxylic acid groups (broad SMARTS) is 1. The second-order valence-corrected chi connectivity index (χ2v) is 6.24. The number of carbonyl (C=O) groups is 1. The van der Waals surface area contributed by atoms with Crippen LogP contribution in [0.5, 0.6) is 0 Å². The zero-order chi connectivity index (χ0) is 18.9. The van der Waals surface area contributed by atoms with Gasteiger partial charge in [-0.1, -0.05) is 36.4 Å². The van der Waals surface area contributed by atoms with Crippen LogP contribution in [0, 0.1) is 5.82 Å². The maximum atomic E-state index is 14.5. The molecule has 26 heavy (non-hydrogen) atoms. The Hall–Kier alpha value is -2.41. The van der Waals surface area contributed by atoms with Crippen molar-refractivity contribution < 1.29 is 27.5 Å². The molecule has 3 rings (SSSR count). The topological polar surface area (TPSA) is 40.5 Å². The highest BCUT2D eigenvalue weighted by Gasteiger charge is 2.42. The molecule has 3 nitrogen and oxygen atoms in total. The summed E-state index contributed by atoms with van der Waals surface area (Å²) in [5, 5.41) is 9.47. The minimum absolute atomic E-state index is 0.0392. The zero-order valence-corrected chi connectivity index (χ0v) is 13.7. The summed E-state index contributed by atoms with van der Waals surface area (Å²) in [4.78, 5) is 13.0. The van der Waals surface area contributed by atoms with Crippen molar-refractivity contribution in [3.05, 3.63) is 71.0 Å². The summed E-state index contributed by atoms with van der Waals surface area (Å²) in [6.45, 7) is 0.280. The van der Waals surface area contributed by atoms with Gasteiger partial charge in [-0.05, 0) is 30.5 Å². The van der Waals surface area contributed by atoms with Crippen LogP contribution in [0.2, 0.25) is 0 Å². The summed E-state index contributed by atoms with van der Waals surface area (Å²) in [7, 11) is 0. The van der Waals surface area contributed by atoms with Gasteiger partial charge in [0.05, 0.1) is 11.6 Å². The van der Waals surface area contributed by atoms with Crippen molar-refractivity contribution >= 4 is 5.97 Å². The van der Waals surface area contributed by atoms with Gasteiger partial charge in [0.25, 0.3) is 0 Å². The normalized spacial score (nSPS) is 19.5. The Kier molecular flexibility index (Phi) is 5.00. The van der Waals surface area contributed by atoms with Crippen LogP contribution in [0.4, 0.5) is 17.6 Å². The molecule has 0 amide bonds. The Morgan fingerprint density at radius 2 is 1.69 bits per heavy atom. The second kappa shape index (κ2) is 7.07. The summed E-state index contributed by atoms with van der Waals surface area (Å²) in [6.07, 6.45) is -3.79. The van der Waals surface area contributed by atoms with Crippen LogP contribution in [-0.4, -0.2) is 28.6 Å². The number of halogens is 4. The lowest BCUT2D eigenvalue weighted by atomic mass is 9.91. The summed E-state index contributed by atoms with van der Waals surface area (Å²) < 4.78 is 55.1. The van der Waals surface area contributed by atoms with Crippen LogP contribution in [-0.2, 0) is 11.0 Å². The highest BCUT2D eigenvalue weighted by atomic mass is 19.4. The molecule has 2 aromatic rings. The summed E-state index contributed by atoms with van der Waals surface area (Å²) in [5.74, 6) is -1.78. The number of hydrogen-bond acceptors (Lipinski definition) is 2. The predicted molar refractivity (Wildman–Crippen MR) is 87.1 cm³/mol. The molecule has 1 fully saturated rings. The van der Waals surface area contributed by atoms with E-state index in [4.69, 9.17) is 0 Å². The van der Waals surface area contributed by atoms with Crippen molar-refractivity contribution in [1.29, 1.82) is 0 Å². The van der Waals surface area contributed by atoms with Gasteiger partial charge in [0.15, 0.2) is 0 Å². The zero-order valence-electron chi connectivity index (χ0n) is 13.7. The number of benzene rings is 2. The van der Waals surface area contributed by atoms with Gasteiger partial charge in [0, 0.05) is 12.1 Å². The van der Waals surface area contributed by atoms with Gasteiger partial charge in [0.2, 0.25) is 0 Å². The van der Waals surface area contributed by atoms with Crippen molar-refractivity contribution in [1.82, 2.24) is 4.90 Å². The largest absolute Gasteiger partial charge is 0.480 e. The number of nitrogens with zero attached hydrogens (tertiary/aromatic N) is 1. The lowest BCUT2D eigenvalue weighted by molar-refractivity contribution is -0.143. The summed E-state index contributed by atoms with van der Waals surface area (Å²) >= 11 is 0. The fraction of sp³-hybridized carbons (Fsp3) is 0.316. The second-order valence-electron chi connectivity index (χ2n) is 6.24. The van der Waals surface area contributed by atoms with Gasteiger partial charge in [-0.3, -0.25) is 9.69 Å². The molecule has 0 spiro atoms. The molecule has 1 N–H and O–H groups in total. The number of carboxylic acids is 1. The quantitative estimate of drug-likeness (QED) is 0.810. The van der Waals surface area contributed by atoms with Crippen molar-refractivity contribution in [2.75, 3.05) is 6.54 Å². The Bertz CT molecular complexity index is 806. The molecule has 2 atom stereocenters. The fourth-order valence-electron chi connectivity index (χ4n) is 3.58. The highest BCUT2D eigenvalue weighted by molar-refractivity contribution is 5.74. The average molecular weight is 367 g/mol. The first-order valence-electron chi connectivity index (χ1n) is 8.20. The molecular weight excluding hydrogens is 350 g/mol. The van der Waals surface area contributed by atoms with E-state index in [9.17, 15) is 27.5 Å². The van der Waals surface area contributed by atoms with Crippen LogP contribution in [0.1, 0.15) is 35.6 Å². The Morgan fingerprint density at radius 1 is 1.08 bits per heavy atom. The molecular formula is C19H17F4NO2. The predicted octanol–water partition coefficient (Wildman–Crippen LogP) is 4.48. The first-order valence-corrected chi connectivity index (χ1v) is 8.20. The number of aliphatic carboxylic acids is 1. The lowest BCUT2D eigenvalue weighted by Crippen LogP contribution is -2.40. The Morgan fingerprint density at radius 3 is 2.31 bits per heavy atom. The molecule has 0 aliphatic carbocycles. The molecule has 2 aromatic carbocycles. The van der Waals surface area contributed by atoms with E-state index >= 15 is 0 Å². The van der Waals surface area contributed by atoms with E-state index in [0.717, 1.165) is 6.07 Å². The number of likely N-dealkylation sites (tertiary alicyclic amines) is 1. The Labute approximate surface area is 147 Å². The number of alkyl halides is 3. The lowest BCUT2D eigenvalue weighted by Gasteiger charge is -2.33. The van der Waals surface area contributed by atoms with E-state index in [2.05, 4.69) is 0 Å². The van der Waals surface area contributed by atoms with E-state index in [-0.39, 0.29) is 17.7 Å². The minimum atomic E-state index is -4.63. The third-order valence-corrected chi connectivity index (χ3v) is 4.67. The first-order chi connectivity index (χ1) is 12.3. The SMILES string of the molecule is O=C(O)C1CCCN1C(c1ccccc1F)c1ccccc1C(F)(F)F. The van der Waals surface area contributed by atoms with Crippen molar-refractivity contribution in [2.24, 2.45) is 0 Å². The van der Waals surface area contributed by atoms with E-state index in [1.165, 1.54) is 47.4 Å². The van der Waals surface area contributed by atoms with E-state index in [1.807, 2.05) is 0 Å².